The van der Waals surface area contributed by atoms with Crippen molar-refractivity contribution in [1.82, 2.24) is 29.9 Å². The number of halogens is 9. The van der Waals surface area contributed by atoms with Gasteiger partial charge >= 0.3 is 30.5 Å². The Hall–Kier alpha value is -13.4. The topological polar surface area (TPSA) is 322 Å². The zero-order valence-corrected chi connectivity index (χ0v) is 72.7. The van der Waals surface area contributed by atoms with Gasteiger partial charge in [0.05, 0.1) is 57.6 Å². The minimum Gasteiger partial charge on any atom is -0.481 e. The molecule has 5 amide bonds. The fourth-order valence-electron chi connectivity index (χ4n) is 14.3. The summed E-state index contributed by atoms with van der Waals surface area (Å²) in [5.74, 6) is -1.45. The highest BCUT2D eigenvalue weighted by Crippen LogP contribution is 2.38. The number of amides is 5. The predicted octanol–water partition coefficient (Wildman–Crippen LogP) is 21.0. The Morgan fingerprint density at radius 1 is 0.377 bits per heavy atom. The number of anilines is 9. The molecule has 24 nitrogen and oxygen atoms in total. The van der Waals surface area contributed by atoms with Crippen molar-refractivity contribution in [2.24, 2.45) is 0 Å². The molecular formula is C95H94F9N15O9S2. The maximum absolute atomic E-state index is 13.7. The lowest BCUT2D eigenvalue weighted by atomic mass is 10.1. The number of piperidine rings is 3. The quantitative estimate of drug-likeness (QED) is 0.0115. The van der Waals surface area contributed by atoms with E-state index in [2.05, 4.69) is 71.2 Å². The zero-order chi connectivity index (χ0) is 92.7. The minimum absolute atomic E-state index is 0.0356. The van der Waals surface area contributed by atoms with Crippen LogP contribution in [0.5, 0.6) is 0 Å². The summed E-state index contributed by atoms with van der Waals surface area (Å²) in [6, 6.07) is 44.6. The normalized spacial score (nSPS) is 13.6. The molecule has 3 aliphatic heterocycles. The van der Waals surface area contributed by atoms with Gasteiger partial charge in [-0.2, -0.15) is 63.0 Å². The highest BCUT2D eigenvalue weighted by atomic mass is 32.2. The standard InChI is InChI=1S/C38H40F3N5O4S.C34H32F3N5O4S.C23H22F3N5O/c1-37(2,3)50-33(47)15-18-51-24-25-9-7-11-27(19-25)34(48)44-32-14-13-30(46-16-5-4-6-17-46)21-31(32)35(49)45-36-42-22-28(23-43-36)26-10-8-12-29(20-26)38(39,40)41;35-34(36,37)26-9-5-7-23(17-26)25-19-38-33(39-20-25)41-32(46)28-18-27(42-13-2-1-3-14-42)10-11-29(28)40-31(45)24-8-4-6-22(16-24)21-47-15-12-30(43)44;24-23(25,26)17-6-4-5-15(11-17)16-13-28-22(29-14-16)30-21(32)19-12-18(7-8-20(19)27)31-9-2-1-3-10-31/h7-14,19-23H,4-6,15-18,24H2,1-3H3,(H,44,48)(H,42,43,45,49);4-11,16-20H,1-3,12-15,21H2,(H,40,45)(H,43,44)(H,38,39,41,46);4-8,11-14H,1-3,9-10,27H2,(H,28,29,30,32). The first-order valence-corrected chi connectivity index (χ1v) is 44.2. The number of hydrogen-bond acceptors (Lipinski definition) is 20. The number of nitrogens with zero attached hydrogens (tertiary/aromatic N) is 9. The van der Waals surface area contributed by atoms with E-state index in [4.69, 9.17) is 15.6 Å². The highest BCUT2D eigenvalue weighted by molar-refractivity contribution is 7.98. The lowest BCUT2D eigenvalue weighted by Crippen LogP contribution is -2.29. The Balaban J connectivity index is 0.000000181. The number of thioether (sulfide) groups is 2. The van der Waals surface area contributed by atoms with Gasteiger partial charge in [-0.05, 0) is 222 Å². The third-order valence-corrected chi connectivity index (χ3v) is 22.9. The summed E-state index contributed by atoms with van der Waals surface area (Å²) in [6.07, 6.45) is 4.77. The molecule has 3 aromatic heterocycles. The van der Waals surface area contributed by atoms with Gasteiger partial charge in [0.2, 0.25) is 17.8 Å². The molecule has 11 aromatic rings. The number of carbonyl (C=O) groups excluding carboxylic acids is 6. The van der Waals surface area contributed by atoms with Crippen LogP contribution in [0.3, 0.4) is 0 Å². The van der Waals surface area contributed by atoms with Gasteiger partial charge in [0.15, 0.2) is 0 Å². The second kappa shape index (κ2) is 44.0. The van der Waals surface area contributed by atoms with E-state index in [0.29, 0.717) is 67.6 Å². The highest BCUT2D eigenvalue weighted by Gasteiger charge is 2.34. The SMILES string of the molecule is CC(C)(C)OC(=O)CCSCc1cccc(C(=O)Nc2ccc(N3CCCCC3)cc2C(=O)Nc2ncc(-c3cccc(C(F)(F)F)c3)cn2)c1.Nc1ccc(N2CCCCC2)cc1C(=O)Nc1ncc(-c2cccc(C(F)(F)F)c2)cn1.O=C(O)CCSCc1cccc(C(=O)Nc2ccc(N3CCCCC3)cc2C(=O)Nc2ncc(-c3cccc(C(F)(F)F)c3)cn2)c1. The van der Waals surface area contributed by atoms with Crippen molar-refractivity contribution < 1.29 is 82.9 Å². The molecule has 0 radical (unpaired) electrons. The van der Waals surface area contributed by atoms with Gasteiger partial charge in [0.1, 0.15) is 5.60 Å². The van der Waals surface area contributed by atoms with E-state index in [1.165, 1.54) is 85.7 Å². The Labute approximate surface area is 752 Å². The van der Waals surface area contributed by atoms with Crippen molar-refractivity contribution in [2.45, 2.75) is 127 Å². The predicted molar refractivity (Wildman–Crippen MR) is 487 cm³/mol. The van der Waals surface area contributed by atoms with Gasteiger partial charge in [-0.1, -0.05) is 60.7 Å². The molecule has 0 unspecified atom stereocenters. The molecule has 0 aliphatic carbocycles. The summed E-state index contributed by atoms with van der Waals surface area (Å²) in [5, 5.41) is 22.5. The molecule has 3 aliphatic rings. The van der Waals surface area contributed by atoms with Gasteiger partial charge < -0.3 is 40.9 Å². The summed E-state index contributed by atoms with van der Waals surface area (Å²) >= 11 is 3.02. The maximum Gasteiger partial charge on any atom is 0.416 e. The van der Waals surface area contributed by atoms with Crippen LogP contribution in [0.2, 0.25) is 0 Å². The van der Waals surface area contributed by atoms with Gasteiger partial charge in [-0.25, -0.2) is 29.9 Å². The third kappa shape index (κ3) is 27.8. The molecule has 14 rings (SSSR count). The van der Waals surface area contributed by atoms with E-state index >= 15 is 0 Å². The summed E-state index contributed by atoms with van der Waals surface area (Å²) < 4.78 is 123. The lowest BCUT2D eigenvalue weighted by molar-refractivity contribution is -0.154. The van der Waals surface area contributed by atoms with Crippen LogP contribution < -0.4 is 47.0 Å². The molecule has 8 aromatic carbocycles. The zero-order valence-electron chi connectivity index (χ0n) is 71.1. The molecule has 3 fully saturated rings. The van der Waals surface area contributed by atoms with E-state index in [-0.39, 0.29) is 70.3 Å². The average molecular weight is 1830 g/mol. The molecule has 35 heteroatoms. The molecular weight excluding hydrogens is 1730 g/mol. The number of nitrogens with two attached hydrogens (primary N) is 1. The Kier molecular flexibility index (Phi) is 32.4. The Morgan fingerprint density at radius 3 is 1.04 bits per heavy atom. The molecule has 130 heavy (non-hydrogen) atoms. The molecule has 0 spiro atoms. The van der Waals surface area contributed by atoms with Gasteiger partial charge in [-0.3, -0.25) is 49.5 Å². The van der Waals surface area contributed by atoms with E-state index in [9.17, 15) is 73.1 Å². The summed E-state index contributed by atoms with van der Waals surface area (Å²) in [6.45, 7) is 10.7. The first-order valence-electron chi connectivity index (χ1n) is 41.9. The van der Waals surface area contributed by atoms with Crippen molar-refractivity contribution >= 4 is 117 Å². The van der Waals surface area contributed by atoms with Crippen molar-refractivity contribution in [3.63, 3.8) is 0 Å². The van der Waals surface area contributed by atoms with Crippen LogP contribution in [0.25, 0.3) is 33.4 Å². The Bertz CT molecular complexity index is 5810. The van der Waals surface area contributed by atoms with E-state index in [1.54, 1.807) is 90.6 Å². The number of carbonyl (C=O) groups is 7. The maximum atomic E-state index is 13.7. The molecule has 8 N–H and O–H groups in total. The Morgan fingerprint density at radius 2 is 0.700 bits per heavy atom. The van der Waals surface area contributed by atoms with Crippen LogP contribution in [0.1, 0.15) is 171 Å². The number of ether oxygens (including phenoxy) is 1. The molecule has 0 saturated carbocycles. The van der Waals surface area contributed by atoms with Crippen molar-refractivity contribution in [3.05, 3.63) is 269 Å². The van der Waals surface area contributed by atoms with E-state index in [1.807, 2.05) is 51.1 Å². The number of esters is 1. The van der Waals surface area contributed by atoms with Crippen LogP contribution in [0.4, 0.5) is 91.5 Å². The lowest BCUT2D eigenvalue weighted by Gasteiger charge is -2.29. The second-order valence-electron chi connectivity index (χ2n) is 31.8. The second-order valence-corrected chi connectivity index (χ2v) is 34.0. The number of aliphatic carboxylic acids is 1. The van der Waals surface area contributed by atoms with Crippen LogP contribution in [-0.4, -0.2) is 133 Å². The van der Waals surface area contributed by atoms with Gasteiger partial charge in [-0.15, -0.1) is 0 Å². The van der Waals surface area contributed by atoms with Crippen LogP contribution in [-0.2, 0) is 44.4 Å². The fourth-order valence-corrected chi connectivity index (χ4v) is 16.0. The minimum atomic E-state index is -4.49. The number of nitrogen functional groups attached to an aromatic ring is 1. The number of aromatic nitrogens is 6. The number of benzene rings is 8. The number of carboxylic acids is 1. The number of carboxylic acid groups (broad SMARTS) is 1. The van der Waals surface area contributed by atoms with Crippen molar-refractivity contribution in [1.29, 1.82) is 0 Å². The average Bonchev–Trinajstić information content (AvgIpc) is 0.661. The van der Waals surface area contributed by atoms with E-state index in [0.717, 1.165) is 155 Å². The van der Waals surface area contributed by atoms with Crippen LogP contribution in [0, 0.1) is 0 Å². The summed E-state index contributed by atoms with van der Waals surface area (Å²) in [5.41, 5.74) is 11.9. The van der Waals surface area contributed by atoms with Gasteiger partial charge in [0, 0.05) is 150 Å². The molecule has 3 saturated heterocycles. The summed E-state index contributed by atoms with van der Waals surface area (Å²) in [7, 11) is 0. The number of nitrogens with one attached hydrogen (secondary N) is 5. The van der Waals surface area contributed by atoms with Crippen LogP contribution in [0.15, 0.2) is 213 Å². The van der Waals surface area contributed by atoms with Crippen LogP contribution >= 0.6 is 23.5 Å². The van der Waals surface area contributed by atoms with E-state index < -0.39 is 76.3 Å². The van der Waals surface area contributed by atoms with Gasteiger partial charge in [0.25, 0.3) is 29.5 Å². The molecule has 0 atom stereocenters. The largest absolute Gasteiger partial charge is 0.481 e. The van der Waals surface area contributed by atoms with Crippen molar-refractivity contribution in [2.75, 3.05) is 97.8 Å². The third-order valence-electron chi connectivity index (χ3n) is 20.9. The monoisotopic (exact) mass is 1820 g/mol. The first-order chi connectivity index (χ1) is 62.1. The first kappa shape index (κ1) is 95.7. The molecule has 678 valence electrons. The molecule has 6 heterocycles. The number of rotatable bonds is 26. The number of alkyl halides is 9. The molecule has 0 bridgehead atoms. The smallest absolute Gasteiger partial charge is 0.416 e. The van der Waals surface area contributed by atoms with Crippen molar-refractivity contribution in [3.8, 4) is 33.4 Å². The number of hydrogen-bond donors (Lipinski definition) is 7. The fraction of sp³-hybridized carbons (Fsp3) is 0.295. The summed E-state index contributed by atoms with van der Waals surface area (Å²) in [4.78, 5) is 121.